The molecule has 0 bridgehead atoms. The number of methoxy groups -OCH3 is 1. The predicted octanol–water partition coefficient (Wildman–Crippen LogP) is 5.19. The van der Waals surface area contributed by atoms with Crippen LogP contribution in [-0.2, 0) is 0 Å². The van der Waals surface area contributed by atoms with Crippen LogP contribution >= 0.6 is 7.26 Å². The van der Waals surface area contributed by atoms with E-state index in [1.807, 2.05) is 0 Å². The second-order valence-electron chi connectivity index (χ2n) is 7.51. The van der Waals surface area contributed by atoms with Gasteiger partial charge in [0, 0.05) is 5.56 Å². The first-order valence-corrected chi connectivity index (χ1v) is 13.0. The summed E-state index contributed by atoms with van der Waals surface area (Å²) in [7, 11) is -0.344. The summed E-state index contributed by atoms with van der Waals surface area (Å²) in [6.07, 6.45) is 0. The zero-order chi connectivity index (χ0) is 22.8. The minimum atomic E-state index is -1.88. The molecule has 0 unspecified atom stereocenters. The first kappa shape index (κ1) is 23.4. The molecule has 4 aromatic rings. The fraction of sp³-hybridized carbons (Fsp3) is 0.107. The molecule has 0 atom stereocenters. The van der Waals surface area contributed by atoms with Crippen molar-refractivity contribution >= 4 is 29.0 Å². The summed E-state index contributed by atoms with van der Waals surface area (Å²) in [6, 6.07) is 39.1. The van der Waals surface area contributed by atoms with Gasteiger partial charge in [0.25, 0.3) is 0 Å². The molecule has 4 aromatic carbocycles. The summed E-state index contributed by atoms with van der Waals surface area (Å²) in [5.41, 5.74) is 0.373. The van der Waals surface area contributed by atoms with Crippen molar-refractivity contribution in [3.63, 3.8) is 0 Å². The summed E-state index contributed by atoms with van der Waals surface area (Å²) in [6.45, 7) is 1.49. The monoisotopic (exact) mass is 446 g/mol. The number of benzene rings is 4. The van der Waals surface area contributed by atoms with E-state index < -0.39 is 19.7 Å². The van der Waals surface area contributed by atoms with Gasteiger partial charge in [0.15, 0.2) is 12.5 Å². The van der Waals surface area contributed by atoms with Gasteiger partial charge >= 0.3 is 121 Å². The average Bonchev–Trinajstić information content (AvgIpc) is 2.89. The molecular weight excluding hydrogens is 418 g/mol. The molecule has 0 aliphatic carbocycles. The van der Waals surface area contributed by atoms with Gasteiger partial charge in [-0.05, 0) is 24.3 Å². The maximum atomic E-state index is 11.9. The summed E-state index contributed by atoms with van der Waals surface area (Å²) in [4.78, 5) is 10.8. The van der Waals surface area contributed by atoms with Gasteiger partial charge in [0.1, 0.15) is 5.75 Å². The predicted molar refractivity (Wildman–Crippen MR) is 136 cm³/mol. The molecule has 0 saturated carbocycles. The van der Waals surface area contributed by atoms with Gasteiger partial charge in [-0.1, -0.05) is 0 Å². The van der Waals surface area contributed by atoms with Crippen LogP contribution in [0, 0.1) is 0 Å². The van der Waals surface area contributed by atoms with Crippen LogP contribution in [-0.4, -0.2) is 26.2 Å². The van der Waals surface area contributed by atoms with Crippen molar-refractivity contribution in [1.82, 2.24) is 0 Å². The molecule has 4 rings (SSSR count). The Kier molecular flexibility index (Phi) is 8.30. The Balaban J connectivity index is 0.000000207. The van der Waals surface area contributed by atoms with Crippen LogP contribution < -0.4 is 20.7 Å². The van der Waals surface area contributed by atoms with Crippen LogP contribution in [0.1, 0.15) is 10.4 Å². The number of hydrogen-bond donors (Lipinski definition) is 0. The quantitative estimate of drug-likeness (QED) is 0.301. The first-order chi connectivity index (χ1) is 15.6. The van der Waals surface area contributed by atoms with E-state index in [9.17, 15) is 9.18 Å². The van der Waals surface area contributed by atoms with Crippen LogP contribution in [0.5, 0.6) is 5.75 Å². The molecular formula is C28H28FO2P. The van der Waals surface area contributed by atoms with Gasteiger partial charge in [-0.25, -0.2) is 4.39 Å². The van der Waals surface area contributed by atoms with E-state index in [-0.39, 0.29) is 0 Å². The van der Waals surface area contributed by atoms with Crippen molar-refractivity contribution in [3.8, 4) is 5.75 Å². The molecule has 0 N–H and O–H groups in total. The number of carbonyl (C=O) groups is 1. The molecule has 0 aliphatic heterocycles. The molecule has 32 heavy (non-hydrogen) atoms. The molecule has 0 fully saturated rings. The van der Waals surface area contributed by atoms with Gasteiger partial charge in [-0.2, -0.15) is 0 Å². The van der Waals surface area contributed by atoms with Crippen molar-refractivity contribution in [1.29, 1.82) is 0 Å². The molecule has 0 radical (unpaired) electrons. The number of ether oxygens (including phenoxy) is 1. The number of Topliss-reactive ketones (excluding diaryl/α,β-unsaturated/α-hetero) is 1. The van der Waals surface area contributed by atoms with E-state index >= 15 is 0 Å². The van der Waals surface area contributed by atoms with Gasteiger partial charge < -0.3 is 4.74 Å². The number of halogens is 1. The fourth-order valence-corrected chi connectivity index (χ4v) is 7.25. The van der Waals surface area contributed by atoms with E-state index in [4.69, 9.17) is 4.74 Å². The van der Waals surface area contributed by atoms with Crippen molar-refractivity contribution in [2.45, 2.75) is 0 Å². The number of hydrogen-bond acceptors (Lipinski definition) is 2. The number of carbonyl (C=O) groups excluding carboxylic acids is 1. The molecule has 0 saturated heterocycles. The van der Waals surface area contributed by atoms with Crippen LogP contribution in [0.15, 0.2) is 115 Å². The third kappa shape index (κ3) is 5.49. The fourth-order valence-electron chi connectivity index (χ4n) is 3.67. The standard InChI is InChI=1S/C19H19P.C9H9FO2/c1-20(17-11-5-2-6-12-17,18-13-7-3-8-14-18)19-15-9-4-10-16-19;1-12-8-4-2-7(3-5-8)9(11)6-10/h2-16,20H,1H3;2-5H,6H2,1H3. The topological polar surface area (TPSA) is 26.3 Å². The van der Waals surface area contributed by atoms with E-state index in [1.165, 1.54) is 23.0 Å². The second kappa shape index (κ2) is 11.4. The van der Waals surface area contributed by atoms with Gasteiger partial charge in [-0.3, -0.25) is 4.79 Å². The number of ketones is 1. The molecule has 2 nitrogen and oxygen atoms in total. The Morgan fingerprint density at radius 2 is 1.06 bits per heavy atom. The van der Waals surface area contributed by atoms with Crippen molar-refractivity contribution in [2.24, 2.45) is 0 Å². The molecule has 164 valence electrons. The number of rotatable bonds is 6. The maximum absolute atomic E-state index is 11.9. The van der Waals surface area contributed by atoms with Gasteiger partial charge in [0.2, 0.25) is 0 Å². The molecule has 0 spiro atoms. The molecule has 0 amide bonds. The second-order valence-corrected chi connectivity index (χ2v) is 11.5. The summed E-state index contributed by atoms with van der Waals surface area (Å²) >= 11 is 0. The zero-order valence-electron chi connectivity index (χ0n) is 18.4. The van der Waals surface area contributed by atoms with E-state index in [2.05, 4.69) is 97.7 Å². The van der Waals surface area contributed by atoms with Crippen molar-refractivity contribution in [2.75, 3.05) is 20.4 Å². The molecule has 0 aromatic heterocycles. The molecule has 0 heterocycles. The van der Waals surface area contributed by atoms with Crippen LogP contribution in [0.2, 0.25) is 0 Å². The third-order valence-corrected chi connectivity index (χ3v) is 10.1. The van der Waals surface area contributed by atoms with Crippen LogP contribution in [0.25, 0.3) is 0 Å². The first-order valence-electron chi connectivity index (χ1n) is 10.5. The number of alkyl halides is 1. The van der Waals surface area contributed by atoms with E-state index in [0.29, 0.717) is 11.3 Å². The minimum absolute atomic E-state index is 0.373. The summed E-state index contributed by atoms with van der Waals surface area (Å²) < 4.78 is 16.8. The van der Waals surface area contributed by atoms with Crippen LogP contribution in [0.4, 0.5) is 4.39 Å². The van der Waals surface area contributed by atoms with E-state index in [1.54, 1.807) is 24.3 Å². The Hall–Kier alpha value is -3.29. The molecule has 4 heteroatoms. The average molecular weight is 447 g/mol. The van der Waals surface area contributed by atoms with Gasteiger partial charge in [0.05, 0.1) is 7.11 Å². The normalized spacial score (nSPS) is 11.1. The molecule has 0 aliphatic rings. The van der Waals surface area contributed by atoms with Gasteiger partial charge in [-0.15, -0.1) is 0 Å². The van der Waals surface area contributed by atoms with Crippen molar-refractivity contribution < 1.29 is 13.9 Å². The Morgan fingerprint density at radius 1 is 0.688 bits per heavy atom. The Bertz CT molecular complexity index is 1000. The summed E-state index contributed by atoms with van der Waals surface area (Å²) in [5, 5.41) is 4.37. The van der Waals surface area contributed by atoms with Crippen LogP contribution in [0.3, 0.4) is 0 Å². The Labute approximate surface area is 190 Å². The van der Waals surface area contributed by atoms with E-state index in [0.717, 1.165) is 0 Å². The third-order valence-electron chi connectivity index (χ3n) is 5.59. The Morgan fingerprint density at radius 3 is 1.38 bits per heavy atom. The summed E-state index contributed by atoms with van der Waals surface area (Å²) in [5.74, 6) is 0.156. The zero-order valence-corrected chi connectivity index (χ0v) is 19.4. The van der Waals surface area contributed by atoms with Crippen molar-refractivity contribution in [3.05, 3.63) is 121 Å². The SMILES string of the molecule is COc1ccc(C(=O)CF)cc1.C[PH](c1ccccc1)(c1ccccc1)c1ccccc1.